The Bertz CT molecular complexity index is 670. The first-order valence-corrected chi connectivity index (χ1v) is 7.18. The zero-order chi connectivity index (χ0) is 11.7. The van der Waals surface area contributed by atoms with Crippen molar-refractivity contribution in [3.8, 4) is 0 Å². The first-order chi connectivity index (χ1) is 8.40. The SMILES string of the molecule is CSCc1cc2ccccc2c2ccccc12. The van der Waals surface area contributed by atoms with E-state index >= 15 is 0 Å². The zero-order valence-electron chi connectivity index (χ0n) is 9.81. The number of fused-ring (bicyclic) bond motifs is 3. The molecule has 0 amide bonds. The van der Waals surface area contributed by atoms with Gasteiger partial charge in [0.15, 0.2) is 0 Å². The van der Waals surface area contributed by atoms with E-state index in [-0.39, 0.29) is 0 Å². The molecule has 0 aliphatic heterocycles. The fourth-order valence-electron chi connectivity index (χ4n) is 2.41. The van der Waals surface area contributed by atoms with Crippen LogP contribution in [0.1, 0.15) is 5.56 Å². The smallest absolute Gasteiger partial charge is 0.0188 e. The van der Waals surface area contributed by atoms with E-state index in [2.05, 4.69) is 60.9 Å². The van der Waals surface area contributed by atoms with Gasteiger partial charge >= 0.3 is 0 Å². The zero-order valence-corrected chi connectivity index (χ0v) is 10.6. The highest BCUT2D eigenvalue weighted by molar-refractivity contribution is 7.97. The lowest BCUT2D eigenvalue weighted by Crippen LogP contribution is -1.85. The molecule has 0 aliphatic carbocycles. The molecule has 0 fully saturated rings. The molecule has 0 N–H and O–H groups in total. The molecule has 0 unspecified atom stereocenters. The summed E-state index contributed by atoms with van der Waals surface area (Å²) in [5.41, 5.74) is 1.44. The minimum Gasteiger partial charge on any atom is -0.161 e. The summed E-state index contributed by atoms with van der Waals surface area (Å²) in [6, 6.07) is 19.7. The van der Waals surface area contributed by atoms with Crippen molar-refractivity contribution in [2.24, 2.45) is 0 Å². The van der Waals surface area contributed by atoms with Crippen LogP contribution in [0.15, 0.2) is 54.6 Å². The molecule has 0 radical (unpaired) electrons. The highest BCUT2D eigenvalue weighted by Gasteiger charge is 2.04. The van der Waals surface area contributed by atoms with Crippen molar-refractivity contribution in [1.82, 2.24) is 0 Å². The van der Waals surface area contributed by atoms with Gasteiger partial charge in [-0.15, -0.1) is 0 Å². The molecule has 0 aromatic heterocycles. The van der Waals surface area contributed by atoms with Crippen molar-refractivity contribution in [3.05, 3.63) is 60.2 Å². The molecule has 84 valence electrons. The van der Waals surface area contributed by atoms with E-state index in [9.17, 15) is 0 Å². The average Bonchev–Trinajstić information content (AvgIpc) is 2.39. The number of thioether (sulfide) groups is 1. The van der Waals surface area contributed by atoms with Gasteiger partial charge in [-0.3, -0.25) is 0 Å². The fraction of sp³-hybridized carbons (Fsp3) is 0.125. The molecule has 0 atom stereocenters. The molecule has 0 bridgehead atoms. The highest BCUT2D eigenvalue weighted by atomic mass is 32.2. The Morgan fingerprint density at radius 3 is 2.24 bits per heavy atom. The van der Waals surface area contributed by atoms with Crippen LogP contribution in [0.5, 0.6) is 0 Å². The summed E-state index contributed by atoms with van der Waals surface area (Å²) in [6.07, 6.45) is 2.16. The van der Waals surface area contributed by atoms with Crippen molar-refractivity contribution >= 4 is 33.3 Å². The maximum Gasteiger partial charge on any atom is 0.0188 e. The lowest BCUT2D eigenvalue weighted by Gasteiger charge is -2.09. The van der Waals surface area contributed by atoms with Crippen LogP contribution in [-0.4, -0.2) is 6.26 Å². The number of hydrogen-bond acceptors (Lipinski definition) is 1. The van der Waals surface area contributed by atoms with Crippen molar-refractivity contribution in [2.45, 2.75) is 5.75 Å². The maximum absolute atomic E-state index is 2.33. The van der Waals surface area contributed by atoms with E-state index in [0.717, 1.165) is 5.75 Å². The second-order valence-corrected chi connectivity index (χ2v) is 5.10. The quantitative estimate of drug-likeness (QED) is 0.575. The second-order valence-electron chi connectivity index (χ2n) is 4.24. The van der Waals surface area contributed by atoms with Crippen LogP contribution in [0, 0.1) is 0 Å². The Labute approximate surface area is 106 Å². The Hall–Kier alpha value is -1.47. The lowest BCUT2D eigenvalue weighted by molar-refractivity contribution is 1.49. The van der Waals surface area contributed by atoms with Crippen molar-refractivity contribution in [1.29, 1.82) is 0 Å². The Morgan fingerprint density at radius 1 is 0.824 bits per heavy atom. The third-order valence-corrected chi connectivity index (χ3v) is 3.75. The van der Waals surface area contributed by atoms with Gasteiger partial charge in [-0.25, -0.2) is 0 Å². The van der Waals surface area contributed by atoms with Gasteiger partial charge in [-0.1, -0.05) is 48.5 Å². The van der Waals surface area contributed by atoms with Crippen molar-refractivity contribution < 1.29 is 0 Å². The number of hydrogen-bond donors (Lipinski definition) is 0. The van der Waals surface area contributed by atoms with Crippen LogP contribution in [-0.2, 0) is 5.75 Å². The second kappa shape index (κ2) is 4.42. The molecule has 3 aromatic rings. The molecule has 0 saturated heterocycles. The van der Waals surface area contributed by atoms with E-state index in [4.69, 9.17) is 0 Å². The fourth-order valence-corrected chi connectivity index (χ4v) is 2.96. The Balaban J connectivity index is 2.45. The highest BCUT2D eigenvalue weighted by Crippen LogP contribution is 2.30. The summed E-state index contributed by atoms with van der Waals surface area (Å²) in [6.45, 7) is 0. The van der Waals surface area contributed by atoms with E-state index in [1.165, 1.54) is 27.1 Å². The Morgan fingerprint density at radius 2 is 1.47 bits per heavy atom. The van der Waals surface area contributed by atoms with Crippen LogP contribution in [0.2, 0.25) is 0 Å². The monoisotopic (exact) mass is 238 g/mol. The van der Waals surface area contributed by atoms with E-state index in [0.29, 0.717) is 0 Å². The van der Waals surface area contributed by atoms with Crippen molar-refractivity contribution in [2.75, 3.05) is 6.26 Å². The largest absolute Gasteiger partial charge is 0.161 e. The number of benzene rings is 3. The van der Waals surface area contributed by atoms with Crippen LogP contribution in [0.3, 0.4) is 0 Å². The molecule has 0 aliphatic rings. The van der Waals surface area contributed by atoms with Gasteiger partial charge in [0.05, 0.1) is 0 Å². The first-order valence-electron chi connectivity index (χ1n) is 5.78. The molecule has 0 heterocycles. The molecule has 0 saturated carbocycles. The molecule has 3 aromatic carbocycles. The normalized spacial score (nSPS) is 11.1. The van der Waals surface area contributed by atoms with Crippen LogP contribution < -0.4 is 0 Å². The summed E-state index contributed by atoms with van der Waals surface area (Å²) < 4.78 is 0. The molecule has 0 nitrogen and oxygen atoms in total. The summed E-state index contributed by atoms with van der Waals surface area (Å²) >= 11 is 1.88. The minimum atomic E-state index is 1.07. The predicted octanol–water partition coefficient (Wildman–Crippen LogP) is 4.86. The molecular formula is C16H14S. The Kier molecular flexibility index (Phi) is 2.77. The minimum absolute atomic E-state index is 1.07. The van der Waals surface area contributed by atoms with E-state index in [1.807, 2.05) is 11.8 Å². The van der Waals surface area contributed by atoms with Crippen LogP contribution in [0.4, 0.5) is 0 Å². The molecule has 1 heteroatoms. The van der Waals surface area contributed by atoms with E-state index < -0.39 is 0 Å². The van der Waals surface area contributed by atoms with Gasteiger partial charge in [-0.2, -0.15) is 11.8 Å². The van der Waals surface area contributed by atoms with E-state index in [1.54, 1.807) is 0 Å². The third kappa shape index (κ3) is 1.81. The summed E-state index contributed by atoms with van der Waals surface area (Å²) in [5.74, 6) is 1.07. The first kappa shape index (κ1) is 10.7. The molecular weight excluding hydrogens is 224 g/mol. The molecule has 17 heavy (non-hydrogen) atoms. The molecule has 0 spiro atoms. The van der Waals surface area contributed by atoms with Gasteiger partial charge in [0.25, 0.3) is 0 Å². The van der Waals surface area contributed by atoms with Crippen molar-refractivity contribution in [3.63, 3.8) is 0 Å². The van der Waals surface area contributed by atoms with Gasteiger partial charge in [0.1, 0.15) is 0 Å². The summed E-state index contributed by atoms with van der Waals surface area (Å²) in [7, 11) is 0. The van der Waals surface area contributed by atoms with Gasteiger partial charge < -0.3 is 0 Å². The van der Waals surface area contributed by atoms with Gasteiger partial charge in [-0.05, 0) is 39.4 Å². The van der Waals surface area contributed by atoms with Crippen LogP contribution in [0.25, 0.3) is 21.5 Å². The lowest BCUT2D eigenvalue weighted by atomic mass is 9.98. The number of rotatable bonds is 2. The third-order valence-electron chi connectivity index (χ3n) is 3.15. The molecule has 3 rings (SSSR count). The summed E-state index contributed by atoms with van der Waals surface area (Å²) in [5, 5.41) is 5.46. The summed E-state index contributed by atoms with van der Waals surface area (Å²) in [4.78, 5) is 0. The van der Waals surface area contributed by atoms with Gasteiger partial charge in [0, 0.05) is 5.75 Å². The predicted molar refractivity (Wildman–Crippen MR) is 78.7 cm³/mol. The maximum atomic E-state index is 2.33. The standard InChI is InChI=1S/C16H14S/c1-17-11-13-10-12-6-2-3-7-14(12)16-9-5-4-8-15(13)16/h2-10H,11H2,1H3. The van der Waals surface area contributed by atoms with Crippen LogP contribution >= 0.6 is 11.8 Å². The van der Waals surface area contributed by atoms with Gasteiger partial charge in [0.2, 0.25) is 0 Å². The topological polar surface area (TPSA) is 0 Å². The average molecular weight is 238 g/mol.